The number of phenolic OH excluding ortho intramolecular Hbond substituents is 1. The molecule has 0 aliphatic carbocycles. The summed E-state index contributed by atoms with van der Waals surface area (Å²) in [6.07, 6.45) is -0.1000. The quantitative estimate of drug-likeness (QED) is 0.590. The first-order valence-electron chi connectivity index (χ1n) is 9.09. The van der Waals surface area contributed by atoms with Crippen LogP contribution in [0.5, 0.6) is 17.2 Å². The lowest BCUT2D eigenvalue weighted by Gasteiger charge is -2.16. The third kappa shape index (κ3) is 3.55. The molecule has 8 heteroatoms. The van der Waals surface area contributed by atoms with E-state index in [1.807, 2.05) is 0 Å². The van der Waals surface area contributed by atoms with E-state index in [0.29, 0.717) is 34.1 Å². The van der Waals surface area contributed by atoms with E-state index in [2.05, 4.69) is 0 Å². The lowest BCUT2D eigenvalue weighted by atomic mass is 9.92. The minimum Gasteiger partial charge on any atom is -0.508 e. The number of carbonyl (C=O) groups excluding carboxylic acids is 1. The van der Waals surface area contributed by atoms with Crippen molar-refractivity contribution in [3.63, 3.8) is 0 Å². The highest BCUT2D eigenvalue weighted by Crippen LogP contribution is 2.44. The van der Waals surface area contributed by atoms with Crippen molar-refractivity contribution < 1.29 is 38.4 Å². The number of carboxylic acid groups (broad SMARTS) is 1. The summed E-state index contributed by atoms with van der Waals surface area (Å²) in [5.74, 6) is -0.800. The van der Waals surface area contributed by atoms with Gasteiger partial charge in [0.1, 0.15) is 17.3 Å². The maximum Gasteiger partial charge on any atom is 0.336 e. The van der Waals surface area contributed by atoms with Crippen LogP contribution in [0.2, 0.25) is 0 Å². The summed E-state index contributed by atoms with van der Waals surface area (Å²) in [4.78, 5) is 23.6. The van der Waals surface area contributed by atoms with E-state index in [9.17, 15) is 19.8 Å². The highest BCUT2D eigenvalue weighted by Gasteiger charge is 2.28. The van der Waals surface area contributed by atoms with Gasteiger partial charge >= 0.3 is 11.9 Å². The second-order valence-electron chi connectivity index (χ2n) is 6.65. The van der Waals surface area contributed by atoms with E-state index in [0.717, 1.165) is 0 Å². The second-order valence-corrected chi connectivity index (χ2v) is 6.65. The summed E-state index contributed by atoms with van der Waals surface area (Å²) >= 11 is 0. The lowest BCUT2D eigenvalue weighted by molar-refractivity contribution is -0.140. The molecule has 0 spiro atoms. The Bertz CT molecular complexity index is 1110. The molecule has 2 heterocycles. The molecule has 1 aliphatic heterocycles. The highest BCUT2D eigenvalue weighted by molar-refractivity contribution is 5.95. The Kier molecular flexibility index (Phi) is 5.05. The van der Waals surface area contributed by atoms with Crippen molar-refractivity contribution in [3.8, 4) is 28.6 Å². The van der Waals surface area contributed by atoms with Crippen LogP contribution in [0.25, 0.3) is 11.3 Å². The number of aromatic hydroxyl groups is 1. The van der Waals surface area contributed by atoms with Gasteiger partial charge in [-0.2, -0.15) is 0 Å². The van der Waals surface area contributed by atoms with Gasteiger partial charge in [-0.05, 0) is 24.3 Å². The average Bonchev–Trinajstić information content (AvgIpc) is 3.40. The molecule has 30 heavy (non-hydrogen) atoms. The fourth-order valence-corrected chi connectivity index (χ4v) is 3.41. The van der Waals surface area contributed by atoms with Gasteiger partial charge in [0.15, 0.2) is 11.5 Å². The van der Waals surface area contributed by atoms with Gasteiger partial charge in [0.2, 0.25) is 6.79 Å². The zero-order valence-corrected chi connectivity index (χ0v) is 16.0. The average molecular weight is 410 g/mol. The van der Waals surface area contributed by atoms with Gasteiger partial charge in [-0.15, -0.1) is 0 Å². The van der Waals surface area contributed by atoms with Crippen molar-refractivity contribution in [1.82, 2.24) is 0 Å². The predicted octanol–water partition coefficient (Wildman–Crippen LogP) is 3.77. The van der Waals surface area contributed by atoms with E-state index >= 15 is 0 Å². The van der Waals surface area contributed by atoms with Crippen LogP contribution in [0.1, 0.15) is 34.0 Å². The second kappa shape index (κ2) is 7.82. The van der Waals surface area contributed by atoms with Crippen molar-refractivity contribution in [2.24, 2.45) is 0 Å². The minimum absolute atomic E-state index is 0.0385. The van der Waals surface area contributed by atoms with Gasteiger partial charge in [0.25, 0.3) is 0 Å². The maximum absolute atomic E-state index is 12.1. The Morgan fingerprint density at radius 2 is 1.83 bits per heavy atom. The Morgan fingerprint density at radius 1 is 1.10 bits per heavy atom. The monoisotopic (exact) mass is 410 g/mol. The van der Waals surface area contributed by atoms with Crippen LogP contribution < -0.4 is 9.47 Å². The summed E-state index contributed by atoms with van der Waals surface area (Å²) in [7, 11) is 1.27. The molecule has 1 aliphatic rings. The Labute approximate surface area is 171 Å². The van der Waals surface area contributed by atoms with Crippen molar-refractivity contribution >= 4 is 11.9 Å². The Hall–Kier alpha value is -3.94. The number of methoxy groups -OCH3 is 1. The third-order valence-electron chi connectivity index (χ3n) is 4.89. The fourth-order valence-electron chi connectivity index (χ4n) is 3.41. The van der Waals surface area contributed by atoms with Gasteiger partial charge in [-0.1, -0.05) is 18.2 Å². The molecule has 0 fully saturated rings. The molecule has 0 radical (unpaired) electrons. The normalized spacial score (nSPS) is 13.1. The van der Waals surface area contributed by atoms with Gasteiger partial charge in [0, 0.05) is 17.2 Å². The van der Waals surface area contributed by atoms with Crippen LogP contribution in [0.4, 0.5) is 0 Å². The van der Waals surface area contributed by atoms with Gasteiger partial charge in [0.05, 0.1) is 25.0 Å². The molecule has 8 nitrogen and oxygen atoms in total. The number of fused-ring (bicyclic) bond motifs is 1. The standard InChI is InChI=1S/C22H18O8/c1-27-21(24)9-15(14-8-19-20(10-16(14)23)29-11-28-19)18-7-6-17(30-18)12-4-2-3-5-13(12)22(25)26/h2-8,10,15,23H,9,11H2,1H3,(H,25,26)/t15-/m0/s1. The molecule has 0 saturated carbocycles. The number of ether oxygens (including phenoxy) is 3. The molecule has 2 aromatic carbocycles. The van der Waals surface area contributed by atoms with E-state index in [1.54, 1.807) is 36.4 Å². The molecular weight excluding hydrogens is 392 g/mol. The number of carboxylic acids is 1. The maximum atomic E-state index is 12.1. The molecule has 0 unspecified atom stereocenters. The first-order valence-corrected chi connectivity index (χ1v) is 9.09. The number of benzene rings is 2. The molecule has 154 valence electrons. The smallest absolute Gasteiger partial charge is 0.336 e. The fraction of sp³-hybridized carbons (Fsp3) is 0.182. The molecule has 4 rings (SSSR count). The van der Waals surface area contributed by atoms with Crippen LogP contribution in [-0.4, -0.2) is 36.1 Å². The zero-order valence-electron chi connectivity index (χ0n) is 16.0. The summed E-state index contributed by atoms with van der Waals surface area (Å²) < 4.78 is 21.4. The van der Waals surface area contributed by atoms with E-state index in [1.165, 1.54) is 19.2 Å². The topological polar surface area (TPSA) is 115 Å². The van der Waals surface area contributed by atoms with Gasteiger partial charge < -0.3 is 28.8 Å². The molecule has 1 aromatic heterocycles. The molecule has 1 atom stereocenters. The Balaban J connectivity index is 1.77. The van der Waals surface area contributed by atoms with Gasteiger partial charge in [-0.25, -0.2) is 4.79 Å². The van der Waals surface area contributed by atoms with Crippen LogP contribution >= 0.6 is 0 Å². The number of phenols is 1. The SMILES string of the molecule is COC(=O)C[C@H](c1ccc(-c2ccccc2C(=O)O)o1)c1cc2c(cc1O)OCO2. The summed E-state index contributed by atoms with van der Waals surface area (Å²) in [5.41, 5.74) is 0.897. The lowest BCUT2D eigenvalue weighted by Crippen LogP contribution is -2.10. The number of rotatable bonds is 6. The molecule has 3 aromatic rings. The predicted molar refractivity (Wildman–Crippen MR) is 104 cm³/mol. The van der Waals surface area contributed by atoms with Crippen LogP contribution in [-0.2, 0) is 9.53 Å². The van der Waals surface area contributed by atoms with E-state index in [-0.39, 0.29) is 24.5 Å². The largest absolute Gasteiger partial charge is 0.508 e. The zero-order chi connectivity index (χ0) is 21.3. The van der Waals surface area contributed by atoms with E-state index in [4.69, 9.17) is 18.6 Å². The van der Waals surface area contributed by atoms with Crippen LogP contribution in [0.15, 0.2) is 52.9 Å². The number of aromatic carboxylic acids is 1. The van der Waals surface area contributed by atoms with E-state index < -0.39 is 17.9 Å². The van der Waals surface area contributed by atoms with Crippen LogP contribution in [0.3, 0.4) is 0 Å². The molecule has 0 bridgehead atoms. The number of carbonyl (C=O) groups is 2. The molecular formula is C22H18O8. The van der Waals surface area contributed by atoms with Crippen LogP contribution in [0, 0.1) is 0 Å². The van der Waals surface area contributed by atoms with Crippen molar-refractivity contribution in [2.45, 2.75) is 12.3 Å². The third-order valence-corrected chi connectivity index (χ3v) is 4.89. The van der Waals surface area contributed by atoms with Crippen molar-refractivity contribution in [2.75, 3.05) is 13.9 Å². The first kappa shape index (κ1) is 19.4. The van der Waals surface area contributed by atoms with Gasteiger partial charge in [-0.3, -0.25) is 4.79 Å². The number of hydrogen-bond donors (Lipinski definition) is 2. The first-order chi connectivity index (χ1) is 14.5. The minimum atomic E-state index is -1.08. The Morgan fingerprint density at radius 3 is 2.57 bits per heavy atom. The number of esters is 1. The summed E-state index contributed by atoms with van der Waals surface area (Å²) in [6, 6.07) is 12.7. The number of hydrogen-bond acceptors (Lipinski definition) is 7. The molecule has 2 N–H and O–H groups in total. The molecule has 0 amide bonds. The summed E-state index contributed by atoms with van der Waals surface area (Å²) in [5, 5.41) is 20.0. The number of furan rings is 1. The molecule has 0 saturated heterocycles. The highest BCUT2D eigenvalue weighted by atomic mass is 16.7. The van der Waals surface area contributed by atoms with Crippen molar-refractivity contribution in [1.29, 1.82) is 0 Å². The summed E-state index contributed by atoms with van der Waals surface area (Å²) in [6.45, 7) is 0.0385. The van der Waals surface area contributed by atoms with Crippen molar-refractivity contribution in [3.05, 3.63) is 65.4 Å².